The number of aliphatic hydroxyl groups is 2. The molecule has 2 unspecified atom stereocenters. The summed E-state index contributed by atoms with van der Waals surface area (Å²) in [6, 6.07) is 4.59. The SMILES string of the molecule is CC(O)CN(C)c1ccc(C(C)O)cc1[N+](=O)[O-]. The summed E-state index contributed by atoms with van der Waals surface area (Å²) in [7, 11) is 1.68. The van der Waals surface area contributed by atoms with Gasteiger partial charge in [0.1, 0.15) is 5.69 Å². The fourth-order valence-corrected chi connectivity index (χ4v) is 1.76. The molecule has 100 valence electrons. The van der Waals surface area contributed by atoms with Gasteiger partial charge in [0.15, 0.2) is 0 Å². The van der Waals surface area contributed by atoms with Gasteiger partial charge in [-0.2, -0.15) is 0 Å². The first-order valence-electron chi connectivity index (χ1n) is 5.68. The number of rotatable bonds is 5. The van der Waals surface area contributed by atoms with Crippen LogP contribution in [0.15, 0.2) is 18.2 Å². The van der Waals surface area contributed by atoms with Gasteiger partial charge in [-0.1, -0.05) is 6.07 Å². The summed E-state index contributed by atoms with van der Waals surface area (Å²) >= 11 is 0. The van der Waals surface area contributed by atoms with Crippen molar-refractivity contribution in [2.75, 3.05) is 18.5 Å². The minimum atomic E-state index is -0.750. The van der Waals surface area contributed by atoms with E-state index in [1.165, 1.54) is 6.07 Å². The molecule has 6 nitrogen and oxygen atoms in total. The number of hydrogen-bond acceptors (Lipinski definition) is 5. The number of nitro groups is 1. The zero-order valence-electron chi connectivity index (χ0n) is 10.7. The Balaban J connectivity index is 3.15. The highest BCUT2D eigenvalue weighted by atomic mass is 16.6. The van der Waals surface area contributed by atoms with Crippen LogP contribution in [0.1, 0.15) is 25.5 Å². The van der Waals surface area contributed by atoms with Gasteiger partial charge in [0.25, 0.3) is 5.69 Å². The summed E-state index contributed by atoms with van der Waals surface area (Å²) < 4.78 is 0. The van der Waals surface area contributed by atoms with E-state index < -0.39 is 17.1 Å². The van der Waals surface area contributed by atoms with Gasteiger partial charge in [0.05, 0.1) is 17.1 Å². The van der Waals surface area contributed by atoms with E-state index in [4.69, 9.17) is 0 Å². The van der Waals surface area contributed by atoms with Crippen molar-refractivity contribution in [3.8, 4) is 0 Å². The van der Waals surface area contributed by atoms with E-state index in [-0.39, 0.29) is 5.69 Å². The molecule has 1 rings (SSSR count). The van der Waals surface area contributed by atoms with Gasteiger partial charge in [-0.15, -0.1) is 0 Å². The van der Waals surface area contributed by atoms with Crippen LogP contribution in [0.4, 0.5) is 11.4 Å². The highest BCUT2D eigenvalue weighted by Gasteiger charge is 2.19. The van der Waals surface area contributed by atoms with Crippen LogP contribution in [0.3, 0.4) is 0 Å². The Bertz CT molecular complexity index is 432. The maximum Gasteiger partial charge on any atom is 0.292 e. The molecule has 1 aromatic rings. The lowest BCUT2D eigenvalue weighted by molar-refractivity contribution is -0.384. The Morgan fingerprint density at radius 2 is 2.00 bits per heavy atom. The molecular weight excluding hydrogens is 236 g/mol. The average Bonchev–Trinajstić information content (AvgIpc) is 2.26. The molecule has 1 aromatic carbocycles. The van der Waals surface area contributed by atoms with Crippen LogP contribution in [0.2, 0.25) is 0 Å². The molecule has 0 radical (unpaired) electrons. The van der Waals surface area contributed by atoms with Gasteiger partial charge in [0, 0.05) is 19.7 Å². The van der Waals surface area contributed by atoms with Crippen molar-refractivity contribution in [1.29, 1.82) is 0 Å². The van der Waals surface area contributed by atoms with E-state index in [1.807, 2.05) is 0 Å². The summed E-state index contributed by atoms with van der Waals surface area (Å²) in [6.45, 7) is 3.47. The van der Waals surface area contributed by atoms with Gasteiger partial charge in [0.2, 0.25) is 0 Å². The van der Waals surface area contributed by atoms with E-state index >= 15 is 0 Å². The number of nitro benzene ring substituents is 1. The lowest BCUT2D eigenvalue weighted by atomic mass is 10.1. The molecule has 0 fully saturated rings. The molecule has 0 aliphatic rings. The van der Waals surface area contributed by atoms with Gasteiger partial charge < -0.3 is 15.1 Å². The van der Waals surface area contributed by atoms with Crippen molar-refractivity contribution in [3.63, 3.8) is 0 Å². The lowest BCUT2D eigenvalue weighted by Gasteiger charge is -2.21. The van der Waals surface area contributed by atoms with E-state index in [1.54, 1.807) is 37.9 Å². The minimum absolute atomic E-state index is 0.0726. The topological polar surface area (TPSA) is 86.8 Å². The molecule has 0 saturated carbocycles. The van der Waals surface area contributed by atoms with Crippen LogP contribution in [-0.4, -0.2) is 34.8 Å². The monoisotopic (exact) mass is 254 g/mol. The molecular formula is C12H18N2O4. The Hall–Kier alpha value is -1.66. The van der Waals surface area contributed by atoms with Crippen molar-refractivity contribution in [2.24, 2.45) is 0 Å². The maximum atomic E-state index is 11.0. The van der Waals surface area contributed by atoms with E-state index in [9.17, 15) is 20.3 Å². The third-order valence-electron chi connectivity index (χ3n) is 2.63. The van der Waals surface area contributed by atoms with E-state index in [2.05, 4.69) is 0 Å². The molecule has 2 N–H and O–H groups in total. The number of anilines is 1. The molecule has 2 atom stereocenters. The third-order valence-corrected chi connectivity index (χ3v) is 2.63. The first kappa shape index (κ1) is 14.4. The average molecular weight is 254 g/mol. The summed E-state index contributed by atoms with van der Waals surface area (Å²) in [6.07, 6.45) is -1.33. The number of nitrogens with zero attached hydrogens (tertiary/aromatic N) is 2. The van der Waals surface area contributed by atoms with Crippen LogP contribution in [0.5, 0.6) is 0 Å². The molecule has 0 spiro atoms. The predicted octanol–water partition coefficient (Wildman–Crippen LogP) is 1.47. The van der Waals surface area contributed by atoms with Crippen LogP contribution >= 0.6 is 0 Å². The Morgan fingerprint density at radius 1 is 1.39 bits per heavy atom. The van der Waals surface area contributed by atoms with Gasteiger partial charge in [-0.05, 0) is 25.5 Å². The number of hydrogen-bond donors (Lipinski definition) is 2. The molecule has 0 amide bonds. The zero-order chi connectivity index (χ0) is 13.9. The van der Waals surface area contributed by atoms with Crippen LogP contribution < -0.4 is 4.90 Å². The van der Waals surface area contributed by atoms with Crippen LogP contribution in [0, 0.1) is 10.1 Å². The Morgan fingerprint density at radius 3 is 2.44 bits per heavy atom. The largest absolute Gasteiger partial charge is 0.392 e. The molecule has 0 aromatic heterocycles. The molecule has 0 bridgehead atoms. The summed E-state index contributed by atoms with van der Waals surface area (Å²) in [5, 5.41) is 29.8. The molecule has 0 aliphatic carbocycles. The number of benzene rings is 1. The van der Waals surface area contributed by atoms with E-state index in [0.717, 1.165) is 0 Å². The lowest BCUT2D eigenvalue weighted by Crippen LogP contribution is -2.27. The van der Waals surface area contributed by atoms with Crippen molar-refractivity contribution < 1.29 is 15.1 Å². The predicted molar refractivity (Wildman–Crippen MR) is 68.7 cm³/mol. The minimum Gasteiger partial charge on any atom is -0.392 e. The molecule has 18 heavy (non-hydrogen) atoms. The number of likely N-dealkylation sites (N-methyl/N-ethyl adjacent to an activating group) is 1. The molecule has 0 heterocycles. The molecule has 0 saturated heterocycles. The highest BCUT2D eigenvalue weighted by molar-refractivity contribution is 5.64. The molecule has 0 aliphatic heterocycles. The Kier molecular flexibility index (Phi) is 4.63. The highest BCUT2D eigenvalue weighted by Crippen LogP contribution is 2.30. The maximum absolute atomic E-state index is 11.0. The van der Waals surface area contributed by atoms with Gasteiger partial charge in [-0.25, -0.2) is 0 Å². The normalized spacial score (nSPS) is 14.1. The van der Waals surface area contributed by atoms with Gasteiger partial charge in [-0.3, -0.25) is 10.1 Å². The Labute approximate surface area is 106 Å². The quantitative estimate of drug-likeness (QED) is 0.613. The van der Waals surface area contributed by atoms with Crippen LogP contribution in [-0.2, 0) is 0 Å². The summed E-state index contributed by atoms with van der Waals surface area (Å²) in [5.74, 6) is 0. The van der Waals surface area contributed by atoms with E-state index in [0.29, 0.717) is 17.8 Å². The zero-order valence-corrected chi connectivity index (χ0v) is 10.7. The smallest absolute Gasteiger partial charge is 0.292 e. The second-order valence-corrected chi connectivity index (χ2v) is 4.41. The first-order valence-corrected chi connectivity index (χ1v) is 5.68. The standard InChI is InChI=1S/C12H18N2O4/c1-8(15)7-13(3)11-5-4-10(9(2)16)6-12(11)14(17)18/h4-6,8-9,15-16H,7H2,1-3H3. The summed E-state index contributed by atoms with van der Waals surface area (Å²) in [4.78, 5) is 12.2. The van der Waals surface area contributed by atoms with Crippen LogP contribution in [0.25, 0.3) is 0 Å². The van der Waals surface area contributed by atoms with Crippen molar-refractivity contribution >= 4 is 11.4 Å². The molecule has 6 heteroatoms. The fraction of sp³-hybridized carbons (Fsp3) is 0.500. The fourth-order valence-electron chi connectivity index (χ4n) is 1.76. The van der Waals surface area contributed by atoms with Gasteiger partial charge >= 0.3 is 0 Å². The summed E-state index contributed by atoms with van der Waals surface area (Å²) in [5.41, 5.74) is 0.845. The van der Waals surface area contributed by atoms with Crippen molar-refractivity contribution in [1.82, 2.24) is 0 Å². The second kappa shape index (κ2) is 5.79. The number of aliphatic hydroxyl groups excluding tert-OH is 2. The second-order valence-electron chi connectivity index (χ2n) is 4.41. The van der Waals surface area contributed by atoms with Crippen molar-refractivity contribution in [2.45, 2.75) is 26.1 Å². The third kappa shape index (κ3) is 3.41. The first-order chi connectivity index (χ1) is 8.32. The van der Waals surface area contributed by atoms with Crippen molar-refractivity contribution in [3.05, 3.63) is 33.9 Å².